The highest BCUT2D eigenvalue weighted by Crippen LogP contribution is 2.54. The third-order valence-electron chi connectivity index (χ3n) is 5.20. The Kier molecular flexibility index (Phi) is 3.55. The molecule has 0 radical (unpaired) electrons. The summed E-state index contributed by atoms with van der Waals surface area (Å²) < 4.78 is 0. The summed E-state index contributed by atoms with van der Waals surface area (Å²) in [6.45, 7) is 4.12. The lowest BCUT2D eigenvalue weighted by Gasteiger charge is -2.17. The maximum absolute atomic E-state index is 12.2. The van der Waals surface area contributed by atoms with Gasteiger partial charge in [0.15, 0.2) is 0 Å². The van der Waals surface area contributed by atoms with Crippen LogP contribution in [0.15, 0.2) is 24.3 Å². The Hall–Kier alpha value is -1.35. The van der Waals surface area contributed by atoms with Gasteiger partial charge in [0, 0.05) is 12.0 Å². The molecule has 0 saturated heterocycles. The van der Waals surface area contributed by atoms with Crippen LogP contribution in [0.1, 0.15) is 43.7 Å². The van der Waals surface area contributed by atoms with Crippen molar-refractivity contribution in [1.82, 2.24) is 5.32 Å². The summed E-state index contributed by atoms with van der Waals surface area (Å²) in [5.74, 6) is 1.41. The first kappa shape index (κ1) is 13.6. The van der Waals surface area contributed by atoms with Gasteiger partial charge in [0.05, 0.1) is 6.04 Å². The second-order valence-electron chi connectivity index (χ2n) is 6.37. The van der Waals surface area contributed by atoms with Gasteiger partial charge in [0.1, 0.15) is 0 Å². The van der Waals surface area contributed by atoms with Gasteiger partial charge in [0.25, 0.3) is 0 Å². The number of rotatable bonds is 4. The maximum Gasteiger partial charge on any atom is 0.237 e. The molecule has 1 aromatic rings. The first-order chi connectivity index (χ1) is 9.63. The highest BCUT2D eigenvalue weighted by molar-refractivity contribution is 5.82. The molecule has 3 rings (SSSR count). The minimum Gasteiger partial charge on any atom is -0.351 e. The molecule has 0 aliphatic heterocycles. The number of fused-ring (bicyclic) bond motifs is 3. The topological polar surface area (TPSA) is 55.1 Å². The molecule has 0 bridgehead atoms. The van der Waals surface area contributed by atoms with Crippen LogP contribution >= 0.6 is 0 Å². The van der Waals surface area contributed by atoms with Crippen LogP contribution in [0.25, 0.3) is 0 Å². The molecule has 5 unspecified atom stereocenters. The van der Waals surface area contributed by atoms with Crippen LogP contribution in [-0.2, 0) is 11.2 Å². The first-order valence-electron chi connectivity index (χ1n) is 7.77. The molecular formula is C17H24N2O. The molecular weight excluding hydrogens is 248 g/mol. The molecule has 1 fully saturated rings. The molecule has 3 nitrogen and oxygen atoms in total. The van der Waals surface area contributed by atoms with E-state index in [0.717, 1.165) is 12.8 Å². The van der Waals surface area contributed by atoms with Gasteiger partial charge in [-0.2, -0.15) is 0 Å². The van der Waals surface area contributed by atoms with Crippen molar-refractivity contribution in [3.8, 4) is 0 Å². The summed E-state index contributed by atoms with van der Waals surface area (Å²) in [5, 5.41) is 3.19. The van der Waals surface area contributed by atoms with Gasteiger partial charge in [-0.05, 0) is 35.8 Å². The first-order valence-corrected chi connectivity index (χ1v) is 7.77. The van der Waals surface area contributed by atoms with Crippen LogP contribution in [0.4, 0.5) is 0 Å². The summed E-state index contributed by atoms with van der Waals surface area (Å²) in [7, 11) is 0. The van der Waals surface area contributed by atoms with Gasteiger partial charge in [-0.15, -0.1) is 0 Å². The van der Waals surface area contributed by atoms with Crippen molar-refractivity contribution in [1.29, 1.82) is 0 Å². The SMILES string of the molecule is CCC(C)C(N)C(=O)NC1C2CCc3ccccc3C21. The van der Waals surface area contributed by atoms with E-state index in [2.05, 4.69) is 36.5 Å². The number of amides is 1. The molecule has 0 heterocycles. The molecule has 0 aromatic heterocycles. The van der Waals surface area contributed by atoms with E-state index in [-0.39, 0.29) is 17.9 Å². The number of nitrogens with one attached hydrogen (secondary N) is 1. The molecule has 20 heavy (non-hydrogen) atoms. The van der Waals surface area contributed by atoms with Crippen molar-refractivity contribution in [2.24, 2.45) is 17.6 Å². The van der Waals surface area contributed by atoms with E-state index in [0.29, 0.717) is 17.9 Å². The Morgan fingerprint density at radius 1 is 1.45 bits per heavy atom. The largest absolute Gasteiger partial charge is 0.351 e. The van der Waals surface area contributed by atoms with E-state index in [1.54, 1.807) is 0 Å². The van der Waals surface area contributed by atoms with Crippen molar-refractivity contribution >= 4 is 5.91 Å². The summed E-state index contributed by atoms with van der Waals surface area (Å²) in [4.78, 5) is 12.2. The minimum absolute atomic E-state index is 0.0243. The molecule has 2 aliphatic rings. The molecule has 1 amide bonds. The number of nitrogens with two attached hydrogens (primary N) is 1. The number of hydrogen-bond acceptors (Lipinski definition) is 2. The lowest BCUT2D eigenvalue weighted by molar-refractivity contribution is -0.123. The fraction of sp³-hybridized carbons (Fsp3) is 0.588. The average molecular weight is 272 g/mol. The molecule has 0 spiro atoms. The number of hydrogen-bond donors (Lipinski definition) is 2. The quantitative estimate of drug-likeness (QED) is 0.883. The van der Waals surface area contributed by atoms with Crippen LogP contribution in [0.3, 0.4) is 0 Å². The van der Waals surface area contributed by atoms with Gasteiger partial charge in [-0.3, -0.25) is 4.79 Å². The Bertz CT molecular complexity index is 513. The van der Waals surface area contributed by atoms with Gasteiger partial charge >= 0.3 is 0 Å². The second-order valence-corrected chi connectivity index (χ2v) is 6.37. The molecule has 3 heteroatoms. The summed E-state index contributed by atoms with van der Waals surface area (Å²) in [6, 6.07) is 8.57. The van der Waals surface area contributed by atoms with Gasteiger partial charge in [-0.1, -0.05) is 44.5 Å². The monoisotopic (exact) mass is 272 g/mol. The predicted molar refractivity (Wildman–Crippen MR) is 80.4 cm³/mol. The van der Waals surface area contributed by atoms with Crippen LogP contribution in [-0.4, -0.2) is 18.0 Å². The molecule has 2 aliphatic carbocycles. The minimum atomic E-state index is -0.377. The number of carbonyl (C=O) groups excluding carboxylic acids is 1. The van der Waals surface area contributed by atoms with Crippen molar-refractivity contribution in [3.63, 3.8) is 0 Å². The lowest BCUT2D eigenvalue weighted by atomic mass is 9.92. The van der Waals surface area contributed by atoms with Crippen LogP contribution in [0, 0.1) is 11.8 Å². The van der Waals surface area contributed by atoms with E-state index in [9.17, 15) is 4.79 Å². The summed E-state index contributed by atoms with van der Waals surface area (Å²) in [5.41, 5.74) is 8.91. The van der Waals surface area contributed by atoms with E-state index in [4.69, 9.17) is 5.73 Å². The fourth-order valence-corrected chi connectivity index (χ4v) is 3.54. The van der Waals surface area contributed by atoms with E-state index in [1.165, 1.54) is 17.5 Å². The Balaban J connectivity index is 1.66. The van der Waals surface area contributed by atoms with Crippen molar-refractivity contribution < 1.29 is 4.79 Å². The van der Waals surface area contributed by atoms with Crippen LogP contribution in [0.2, 0.25) is 0 Å². The molecule has 108 valence electrons. The fourth-order valence-electron chi connectivity index (χ4n) is 3.54. The molecule has 1 saturated carbocycles. The van der Waals surface area contributed by atoms with Gasteiger partial charge < -0.3 is 11.1 Å². The molecule has 3 N–H and O–H groups in total. The zero-order chi connectivity index (χ0) is 14.3. The Morgan fingerprint density at radius 3 is 2.95 bits per heavy atom. The lowest BCUT2D eigenvalue weighted by Crippen LogP contribution is -2.45. The van der Waals surface area contributed by atoms with Crippen molar-refractivity contribution in [2.45, 2.75) is 51.1 Å². The number of aryl methyl sites for hydroxylation is 1. The highest BCUT2D eigenvalue weighted by atomic mass is 16.2. The van der Waals surface area contributed by atoms with Crippen molar-refractivity contribution in [2.75, 3.05) is 0 Å². The number of carbonyl (C=O) groups is 1. The highest BCUT2D eigenvalue weighted by Gasteiger charge is 2.54. The average Bonchev–Trinajstić information content (AvgIpc) is 3.19. The van der Waals surface area contributed by atoms with E-state index >= 15 is 0 Å². The summed E-state index contributed by atoms with van der Waals surface area (Å²) >= 11 is 0. The van der Waals surface area contributed by atoms with Gasteiger partial charge in [0.2, 0.25) is 5.91 Å². The van der Waals surface area contributed by atoms with Crippen LogP contribution < -0.4 is 11.1 Å². The smallest absolute Gasteiger partial charge is 0.237 e. The van der Waals surface area contributed by atoms with E-state index in [1.807, 2.05) is 6.92 Å². The zero-order valence-electron chi connectivity index (χ0n) is 12.3. The number of benzene rings is 1. The van der Waals surface area contributed by atoms with Crippen LogP contribution in [0.5, 0.6) is 0 Å². The second kappa shape index (κ2) is 5.21. The Morgan fingerprint density at radius 2 is 2.20 bits per heavy atom. The maximum atomic E-state index is 12.2. The van der Waals surface area contributed by atoms with Crippen molar-refractivity contribution in [3.05, 3.63) is 35.4 Å². The Labute approximate surface area is 120 Å². The molecule has 5 atom stereocenters. The normalized spacial score (nSPS) is 29.9. The van der Waals surface area contributed by atoms with Gasteiger partial charge in [-0.25, -0.2) is 0 Å². The zero-order valence-corrected chi connectivity index (χ0v) is 12.3. The predicted octanol–water partition coefficient (Wildman–Crippen LogP) is 2.20. The van der Waals surface area contributed by atoms with E-state index < -0.39 is 0 Å². The third-order valence-corrected chi connectivity index (χ3v) is 5.20. The summed E-state index contributed by atoms with van der Waals surface area (Å²) in [6.07, 6.45) is 3.27. The third kappa shape index (κ3) is 2.24. The standard InChI is InChI=1S/C17H24N2O/c1-3-10(2)15(18)17(20)19-16-13-9-8-11-6-4-5-7-12(11)14(13)16/h4-7,10,13-16H,3,8-9,18H2,1-2H3,(H,19,20). The molecule has 1 aromatic carbocycles.